The summed E-state index contributed by atoms with van der Waals surface area (Å²) >= 11 is 6.72. The van der Waals surface area contributed by atoms with Gasteiger partial charge in [0.2, 0.25) is 0 Å². The molecular formula is C12H12ClFN4O2S. The molecule has 0 radical (unpaired) electrons. The fourth-order valence-corrected chi connectivity index (χ4v) is 2.37. The Hall–Kier alpha value is -1.77. The Labute approximate surface area is 129 Å². The van der Waals surface area contributed by atoms with Crippen molar-refractivity contribution in [3.8, 4) is 0 Å². The zero-order chi connectivity index (χ0) is 15.4. The highest BCUT2D eigenvalue weighted by Gasteiger charge is 2.12. The van der Waals surface area contributed by atoms with Gasteiger partial charge < -0.3 is 10.4 Å². The van der Waals surface area contributed by atoms with Crippen LogP contribution in [0.5, 0.6) is 0 Å². The van der Waals surface area contributed by atoms with Crippen molar-refractivity contribution in [2.24, 2.45) is 0 Å². The van der Waals surface area contributed by atoms with Gasteiger partial charge in [-0.15, -0.1) is 0 Å². The van der Waals surface area contributed by atoms with Gasteiger partial charge in [0.25, 0.3) is 0 Å². The van der Waals surface area contributed by atoms with Gasteiger partial charge in [-0.05, 0) is 30.6 Å². The summed E-state index contributed by atoms with van der Waals surface area (Å²) in [5, 5.41) is 14.8. The smallest absolute Gasteiger partial charge is 0.324 e. The molecule has 0 aromatic carbocycles. The van der Waals surface area contributed by atoms with Gasteiger partial charge in [0.15, 0.2) is 0 Å². The van der Waals surface area contributed by atoms with Gasteiger partial charge >= 0.3 is 6.03 Å². The molecule has 0 saturated carbocycles. The van der Waals surface area contributed by atoms with E-state index in [0.717, 1.165) is 11.5 Å². The molecule has 0 fully saturated rings. The predicted octanol–water partition coefficient (Wildman–Crippen LogP) is 3.36. The van der Waals surface area contributed by atoms with Gasteiger partial charge in [-0.25, -0.2) is 14.2 Å². The van der Waals surface area contributed by atoms with E-state index in [0.29, 0.717) is 16.3 Å². The maximum atomic E-state index is 13.0. The molecule has 0 saturated heterocycles. The summed E-state index contributed by atoms with van der Waals surface area (Å²) < 4.78 is 16.9. The summed E-state index contributed by atoms with van der Waals surface area (Å²) in [5.74, 6) is 0. The average Bonchev–Trinajstić information content (AvgIpc) is 2.87. The number of amides is 2. The van der Waals surface area contributed by atoms with Gasteiger partial charge in [0.05, 0.1) is 18.0 Å². The van der Waals surface area contributed by atoms with Gasteiger partial charge in [0.1, 0.15) is 16.3 Å². The third kappa shape index (κ3) is 4.10. The van der Waals surface area contributed by atoms with E-state index in [1.54, 1.807) is 0 Å². The number of urea groups is 1. The predicted molar refractivity (Wildman–Crippen MR) is 79.4 cm³/mol. The van der Waals surface area contributed by atoms with Crippen molar-refractivity contribution >= 4 is 39.9 Å². The second kappa shape index (κ2) is 6.79. The lowest BCUT2D eigenvalue weighted by molar-refractivity contribution is 0.262. The fourth-order valence-electron chi connectivity index (χ4n) is 1.50. The van der Waals surface area contributed by atoms with E-state index < -0.39 is 12.2 Å². The van der Waals surface area contributed by atoms with Crippen LogP contribution < -0.4 is 10.6 Å². The van der Waals surface area contributed by atoms with E-state index in [2.05, 4.69) is 20.0 Å². The Morgan fingerprint density at radius 2 is 2.29 bits per heavy atom. The standard InChI is InChI=1S/C12H12ClFN4O2S/c1-6(14)8-3-11(21-18-8)17-12(20)16-9-2-10(13)15-4-7(9)5-19/h2-4,6,19H,5H2,1H3,(H2,15,16,17,20). The zero-order valence-electron chi connectivity index (χ0n) is 10.9. The van der Waals surface area contributed by atoms with E-state index in [9.17, 15) is 14.3 Å². The van der Waals surface area contributed by atoms with Gasteiger partial charge in [-0.2, -0.15) is 4.37 Å². The van der Waals surface area contributed by atoms with E-state index in [1.807, 2.05) is 0 Å². The normalized spacial score (nSPS) is 12.0. The average molecular weight is 331 g/mol. The number of halogens is 2. The number of carbonyl (C=O) groups excluding carboxylic acids is 1. The summed E-state index contributed by atoms with van der Waals surface area (Å²) in [6.07, 6.45) is 0.174. The number of pyridine rings is 1. The van der Waals surface area contributed by atoms with Crippen LogP contribution in [0, 0.1) is 0 Å². The number of hydrogen-bond acceptors (Lipinski definition) is 5. The summed E-state index contributed by atoms with van der Waals surface area (Å²) in [7, 11) is 0. The molecule has 6 nitrogen and oxygen atoms in total. The highest BCUT2D eigenvalue weighted by atomic mass is 35.5. The quantitative estimate of drug-likeness (QED) is 0.750. The second-order valence-corrected chi connectivity index (χ2v) is 5.33. The van der Waals surface area contributed by atoms with E-state index >= 15 is 0 Å². The monoisotopic (exact) mass is 330 g/mol. The molecule has 0 spiro atoms. The molecule has 2 aromatic heterocycles. The first kappa shape index (κ1) is 15.6. The van der Waals surface area contributed by atoms with Crippen LogP contribution in [0.2, 0.25) is 5.15 Å². The number of nitrogens with zero attached hydrogens (tertiary/aromatic N) is 2. The highest BCUT2D eigenvalue weighted by molar-refractivity contribution is 7.10. The lowest BCUT2D eigenvalue weighted by Gasteiger charge is -2.09. The summed E-state index contributed by atoms with van der Waals surface area (Å²) in [6.45, 7) is 1.08. The fraction of sp³-hybridized carbons (Fsp3) is 0.250. The number of hydrogen-bond donors (Lipinski definition) is 3. The molecule has 0 bridgehead atoms. The van der Waals surface area contributed by atoms with Crippen LogP contribution in [0.25, 0.3) is 0 Å². The molecule has 2 amide bonds. The first-order valence-electron chi connectivity index (χ1n) is 5.93. The van der Waals surface area contributed by atoms with Crippen molar-refractivity contribution in [3.63, 3.8) is 0 Å². The first-order chi connectivity index (χ1) is 9.99. The number of aromatic nitrogens is 2. The molecule has 2 rings (SSSR count). The third-order valence-electron chi connectivity index (χ3n) is 2.54. The molecular weight excluding hydrogens is 319 g/mol. The van der Waals surface area contributed by atoms with Crippen molar-refractivity contribution < 1.29 is 14.3 Å². The van der Waals surface area contributed by atoms with Crippen molar-refractivity contribution in [1.82, 2.24) is 9.36 Å². The Bertz CT molecular complexity index is 650. The Morgan fingerprint density at radius 1 is 1.52 bits per heavy atom. The summed E-state index contributed by atoms with van der Waals surface area (Å²) in [5.41, 5.74) is 1.04. The van der Waals surface area contributed by atoms with Crippen LogP contribution in [0.15, 0.2) is 18.3 Å². The van der Waals surface area contributed by atoms with Crippen LogP contribution in [0.3, 0.4) is 0 Å². The molecule has 1 unspecified atom stereocenters. The van der Waals surface area contributed by atoms with Crippen molar-refractivity contribution in [3.05, 3.63) is 34.7 Å². The van der Waals surface area contributed by atoms with E-state index in [-0.39, 0.29) is 17.5 Å². The van der Waals surface area contributed by atoms with E-state index in [1.165, 1.54) is 25.3 Å². The van der Waals surface area contributed by atoms with E-state index in [4.69, 9.17) is 11.6 Å². The largest absolute Gasteiger partial charge is 0.392 e. The van der Waals surface area contributed by atoms with Crippen molar-refractivity contribution in [1.29, 1.82) is 0 Å². The van der Waals surface area contributed by atoms with Crippen LogP contribution in [-0.2, 0) is 6.61 Å². The summed E-state index contributed by atoms with van der Waals surface area (Å²) in [6, 6.07) is 2.34. The van der Waals surface area contributed by atoms with Crippen LogP contribution in [-0.4, -0.2) is 20.5 Å². The molecule has 9 heteroatoms. The third-order valence-corrected chi connectivity index (χ3v) is 3.47. The number of aliphatic hydroxyl groups is 1. The molecule has 1 atom stereocenters. The minimum atomic E-state index is -1.19. The van der Waals surface area contributed by atoms with Gasteiger partial charge in [-0.1, -0.05) is 11.6 Å². The number of anilines is 2. The topological polar surface area (TPSA) is 87.1 Å². The SMILES string of the molecule is CC(F)c1cc(NC(=O)Nc2cc(Cl)ncc2CO)sn1. The second-order valence-electron chi connectivity index (χ2n) is 4.13. The summed E-state index contributed by atoms with van der Waals surface area (Å²) in [4.78, 5) is 15.7. The number of carbonyl (C=O) groups is 1. The molecule has 0 aliphatic carbocycles. The van der Waals surface area contributed by atoms with Crippen molar-refractivity contribution in [2.45, 2.75) is 19.7 Å². The highest BCUT2D eigenvalue weighted by Crippen LogP contribution is 2.24. The molecule has 112 valence electrons. The van der Waals surface area contributed by atoms with Crippen LogP contribution in [0.1, 0.15) is 24.4 Å². The van der Waals surface area contributed by atoms with Gasteiger partial charge in [0, 0.05) is 11.8 Å². The van der Waals surface area contributed by atoms with Crippen LogP contribution in [0.4, 0.5) is 19.9 Å². The number of rotatable bonds is 4. The minimum absolute atomic E-state index is 0.189. The molecule has 2 aromatic rings. The molecule has 0 aliphatic heterocycles. The lowest BCUT2D eigenvalue weighted by atomic mass is 10.2. The Balaban J connectivity index is 2.06. The Morgan fingerprint density at radius 3 is 2.90 bits per heavy atom. The number of aliphatic hydroxyl groups excluding tert-OH is 1. The molecule has 21 heavy (non-hydrogen) atoms. The molecule has 2 heterocycles. The first-order valence-corrected chi connectivity index (χ1v) is 7.08. The molecule has 3 N–H and O–H groups in total. The maximum absolute atomic E-state index is 13.0. The van der Waals surface area contributed by atoms with Crippen molar-refractivity contribution in [2.75, 3.05) is 10.6 Å². The lowest BCUT2D eigenvalue weighted by Crippen LogP contribution is -2.19. The molecule has 0 aliphatic rings. The number of nitrogens with one attached hydrogen (secondary N) is 2. The zero-order valence-corrected chi connectivity index (χ0v) is 12.5. The number of alkyl halides is 1. The van der Waals surface area contributed by atoms with Crippen LogP contribution >= 0.6 is 23.1 Å². The Kier molecular flexibility index (Phi) is 5.05. The minimum Gasteiger partial charge on any atom is -0.392 e. The van der Waals surface area contributed by atoms with Gasteiger partial charge in [-0.3, -0.25) is 5.32 Å². The maximum Gasteiger partial charge on any atom is 0.324 e.